The van der Waals surface area contributed by atoms with Crippen LogP contribution in [0, 0.1) is 6.92 Å². The van der Waals surface area contributed by atoms with Gasteiger partial charge in [0.25, 0.3) is 10.2 Å². The molecule has 15 heteroatoms. The third-order valence-corrected chi connectivity index (χ3v) is 7.44. The number of rotatable bonds is 8. The molecule has 6 N–H and O–H groups in total. The highest BCUT2D eigenvalue weighted by atomic mass is 32.2. The second kappa shape index (κ2) is 9.95. The van der Waals surface area contributed by atoms with Crippen molar-refractivity contribution in [1.82, 2.24) is 19.7 Å². The molecule has 2 aliphatic rings. The zero-order valence-corrected chi connectivity index (χ0v) is 20.3. The topological polar surface area (TPSA) is 187 Å². The van der Waals surface area contributed by atoms with Crippen LogP contribution in [0.15, 0.2) is 0 Å². The maximum Gasteiger partial charge on any atom is 0.347 e. The normalized spacial score (nSPS) is 17.0. The first-order chi connectivity index (χ1) is 16.1. The van der Waals surface area contributed by atoms with Crippen LogP contribution in [0.25, 0.3) is 0 Å². The van der Waals surface area contributed by atoms with E-state index in [4.69, 9.17) is 15.1 Å². The van der Waals surface area contributed by atoms with Crippen LogP contribution in [0.5, 0.6) is 0 Å². The highest BCUT2D eigenvalue weighted by Crippen LogP contribution is 2.35. The van der Waals surface area contributed by atoms with Crippen molar-refractivity contribution in [1.29, 1.82) is 0 Å². The van der Waals surface area contributed by atoms with Crippen LogP contribution in [0.1, 0.15) is 40.2 Å². The number of thiazole rings is 1. The Hall–Kier alpha value is -2.59. The molecule has 1 saturated heterocycles. The molecule has 0 radical (unpaired) electrons. The van der Waals surface area contributed by atoms with E-state index in [0.29, 0.717) is 55.7 Å². The van der Waals surface area contributed by atoms with E-state index in [-0.39, 0.29) is 23.5 Å². The fourth-order valence-corrected chi connectivity index (χ4v) is 5.35. The van der Waals surface area contributed by atoms with Crippen LogP contribution in [0.4, 0.5) is 22.7 Å². The van der Waals surface area contributed by atoms with Crippen LogP contribution in [0.3, 0.4) is 0 Å². The molecule has 0 bridgehead atoms. The summed E-state index contributed by atoms with van der Waals surface area (Å²) < 4.78 is 24.9. The second-order valence-corrected chi connectivity index (χ2v) is 10.7. The largest absolute Gasteiger partial charge is 0.477 e. The van der Waals surface area contributed by atoms with Crippen molar-refractivity contribution in [3.63, 3.8) is 0 Å². The average molecular weight is 513 g/mol. The quantitative estimate of drug-likeness (QED) is 0.325. The molecule has 0 aliphatic carbocycles. The first-order valence-electron chi connectivity index (χ1n) is 10.9. The molecule has 4 heterocycles. The van der Waals surface area contributed by atoms with E-state index in [1.807, 2.05) is 4.90 Å². The van der Waals surface area contributed by atoms with Crippen molar-refractivity contribution in [2.75, 3.05) is 47.8 Å². The zero-order valence-electron chi connectivity index (χ0n) is 18.7. The van der Waals surface area contributed by atoms with Crippen molar-refractivity contribution in [3.05, 3.63) is 16.1 Å². The number of anilines is 4. The maximum absolute atomic E-state index is 11.4. The van der Waals surface area contributed by atoms with E-state index >= 15 is 0 Å². The molecule has 2 aromatic rings. The molecule has 13 nitrogen and oxygen atoms in total. The number of aryl methyl sites for hydroxylation is 1. The number of carboxylic acids is 1. The van der Waals surface area contributed by atoms with Crippen LogP contribution in [0.2, 0.25) is 0 Å². The summed E-state index contributed by atoms with van der Waals surface area (Å²) >= 11 is 1.01. The fourth-order valence-electron chi connectivity index (χ4n) is 4.18. The molecule has 1 fully saturated rings. The van der Waals surface area contributed by atoms with Crippen LogP contribution >= 0.6 is 11.3 Å². The summed E-state index contributed by atoms with van der Waals surface area (Å²) in [6.07, 6.45) is 2.56. The van der Waals surface area contributed by atoms with Gasteiger partial charge in [-0.25, -0.2) is 19.6 Å². The predicted octanol–water partition coefficient (Wildman–Crippen LogP) is 0.190. The van der Waals surface area contributed by atoms with Gasteiger partial charge in [-0.1, -0.05) is 11.3 Å². The van der Waals surface area contributed by atoms with Gasteiger partial charge in [-0.15, -0.1) is 0 Å². The van der Waals surface area contributed by atoms with Crippen LogP contribution in [-0.4, -0.2) is 78.4 Å². The number of aliphatic hydroxyl groups is 1. The van der Waals surface area contributed by atoms with Gasteiger partial charge in [-0.3, -0.25) is 5.32 Å². The van der Waals surface area contributed by atoms with Gasteiger partial charge in [0.15, 0.2) is 5.13 Å². The maximum atomic E-state index is 11.4. The predicted molar refractivity (Wildman–Crippen MR) is 128 cm³/mol. The lowest BCUT2D eigenvalue weighted by atomic mass is 10.0. The Morgan fingerprint density at radius 1 is 1.21 bits per heavy atom. The minimum atomic E-state index is -3.80. The Balaban J connectivity index is 1.67. The summed E-state index contributed by atoms with van der Waals surface area (Å²) in [5.41, 5.74) is 1.37. The Morgan fingerprint density at radius 2 is 1.91 bits per heavy atom. The van der Waals surface area contributed by atoms with Crippen molar-refractivity contribution in [2.45, 2.75) is 38.7 Å². The van der Waals surface area contributed by atoms with E-state index < -0.39 is 16.2 Å². The van der Waals surface area contributed by atoms with Gasteiger partial charge in [0.05, 0.1) is 11.8 Å². The van der Waals surface area contributed by atoms with Gasteiger partial charge in [0.2, 0.25) is 5.95 Å². The Bertz CT molecular complexity index is 1160. The van der Waals surface area contributed by atoms with Crippen molar-refractivity contribution in [3.8, 4) is 0 Å². The summed E-state index contributed by atoms with van der Waals surface area (Å²) in [5, 5.41) is 27.7. The second-order valence-electron chi connectivity index (χ2n) is 8.28. The molecule has 4 rings (SSSR count). The lowest BCUT2D eigenvalue weighted by Gasteiger charge is -2.36. The zero-order chi connectivity index (χ0) is 24.5. The molecule has 34 heavy (non-hydrogen) atoms. The molecule has 0 aromatic carbocycles. The number of nitrogens with two attached hydrogens (primary N) is 1. The van der Waals surface area contributed by atoms with Crippen LogP contribution < -0.4 is 25.0 Å². The van der Waals surface area contributed by atoms with Gasteiger partial charge < -0.3 is 20.0 Å². The molecule has 0 spiro atoms. The Kier molecular flexibility index (Phi) is 7.18. The smallest absolute Gasteiger partial charge is 0.347 e. The summed E-state index contributed by atoms with van der Waals surface area (Å²) in [6, 6.07) is 0. The van der Waals surface area contributed by atoms with E-state index in [1.165, 1.54) is 0 Å². The SMILES string of the molecule is Cc1nc(Nc2nc3c(c(N4CCC(O)CC4)n2)CCCN3CCNS(N)(=O)=O)sc1C(=O)O. The average Bonchev–Trinajstić information content (AvgIpc) is 3.13. The van der Waals surface area contributed by atoms with E-state index in [1.54, 1.807) is 6.92 Å². The first kappa shape index (κ1) is 24.5. The molecule has 0 amide bonds. The minimum Gasteiger partial charge on any atom is -0.477 e. The molecular weight excluding hydrogens is 484 g/mol. The highest BCUT2D eigenvalue weighted by Gasteiger charge is 2.28. The monoisotopic (exact) mass is 512 g/mol. The number of nitrogens with zero attached hydrogens (tertiary/aromatic N) is 5. The number of piperidine rings is 1. The summed E-state index contributed by atoms with van der Waals surface area (Å²) in [7, 11) is -3.80. The molecule has 2 aliphatic heterocycles. The van der Waals surface area contributed by atoms with Gasteiger partial charge >= 0.3 is 5.97 Å². The standard InChI is InChI=1S/C19H28N8O5S2/c1-11-14(17(29)30)33-19(22-11)25-18-23-15-13(16(24-18)27-8-4-12(28)5-9-27)3-2-7-26(15)10-6-21-34(20,31)32/h12,21,28H,2-10H2,1H3,(H,29,30)(H2,20,31,32)(H,22,23,24,25). The van der Waals surface area contributed by atoms with E-state index in [0.717, 1.165) is 35.6 Å². The van der Waals surface area contributed by atoms with Crippen molar-refractivity contribution in [2.24, 2.45) is 5.14 Å². The number of aliphatic hydroxyl groups excluding tert-OH is 1. The molecule has 0 saturated carbocycles. The van der Waals surface area contributed by atoms with Gasteiger partial charge in [-0.05, 0) is 32.6 Å². The minimum absolute atomic E-state index is 0.129. The fraction of sp³-hybridized carbons (Fsp3) is 0.579. The number of hydrogen-bond acceptors (Lipinski definition) is 11. The summed E-state index contributed by atoms with van der Waals surface area (Å²) in [6.45, 7) is 4.12. The van der Waals surface area contributed by atoms with E-state index in [9.17, 15) is 23.4 Å². The number of aromatic nitrogens is 3. The van der Waals surface area contributed by atoms with Gasteiger partial charge in [0, 0.05) is 38.3 Å². The Morgan fingerprint density at radius 3 is 2.56 bits per heavy atom. The molecule has 0 atom stereocenters. The first-order valence-corrected chi connectivity index (χ1v) is 13.3. The number of nitrogens with one attached hydrogen (secondary N) is 2. The van der Waals surface area contributed by atoms with Gasteiger partial charge in [0.1, 0.15) is 16.5 Å². The number of fused-ring (bicyclic) bond motifs is 1. The molecule has 2 aromatic heterocycles. The summed E-state index contributed by atoms with van der Waals surface area (Å²) in [5.74, 6) is 0.676. The lowest BCUT2D eigenvalue weighted by Crippen LogP contribution is -2.41. The van der Waals surface area contributed by atoms with E-state index in [2.05, 4.69) is 19.9 Å². The number of carbonyl (C=O) groups is 1. The highest BCUT2D eigenvalue weighted by molar-refractivity contribution is 7.87. The van der Waals surface area contributed by atoms with Crippen LogP contribution in [-0.2, 0) is 16.6 Å². The molecule has 0 unspecified atom stereocenters. The number of aromatic carboxylic acids is 1. The summed E-state index contributed by atoms with van der Waals surface area (Å²) in [4.78, 5) is 29.4. The van der Waals surface area contributed by atoms with Crippen molar-refractivity contribution >= 4 is 50.2 Å². The third-order valence-electron chi connectivity index (χ3n) is 5.78. The molecular formula is C19H28N8O5S2. The Labute approximate surface area is 201 Å². The third kappa shape index (κ3) is 5.72. The number of carboxylic acid groups (broad SMARTS) is 1. The lowest BCUT2D eigenvalue weighted by molar-refractivity contribution is 0.0701. The van der Waals surface area contributed by atoms with Gasteiger partial charge in [-0.2, -0.15) is 18.4 Å². The molecule has 186 valence electrons. The van der Waals surface area contributed by atoms with Crippen molar-refractivity contribution < 1.29 is 23.4 Å². The number of hydrogen-bond donors (Lipinski definition) is 5.